The lowest BCUT2D eigenvalue weighted by Crippen LogP contribution is -2.41. The van der Waals surface area contributed by atoms with Crippen LogP contribution in [0.25, 0.3) is 11.4 Å². The molecule has 0 radical (unpaired) electrons. The van der Waals surface area contributed by atoms with Crippen LogP contribution in [0.15, 0.2) is 53.2 Å². The maximum atomic E-state index is 12.6. The number of likely N-dealkylation sites (tertiary alicyclic amines) is 1. The Labute approximate surface area is 184 Å². The Morgan fingerprint density at radius 1 is 1.13 bits per heavy atom. The Morgan fingerprint density at radius 3 is 2.61 bits per heavy atom. The van der Waals surface area contributed by atoms with E-state index in [1.165, 1.54) is 0 Å². The van der Waals surface area contributed by atoms with Crippen LogP contribution in [0.3, 0.4) is 0 Å². The van der Waals surface area contributed by atoms with E-state index in [4.69, 9.17) is 16.1 Å². The third-order valence-corrected chi connectivity index (χ3v) is 5.51. The number of pyridine rings is 1. The number of halogens is 1. The van der Waals surface area contributed by atoms with Crippen LogP contribution < -0.4 is 5.32 Å². The SMILES string of the molecule is O=C(Nc1ccccn1)C1CCN(C(=O)CCc2nc(-c3ccc(Cl)cc3)no2)CC1. The quantitative estimate of drug-likeness (QED) is 0.629. The molecule has 4 rings (SSSR count). The number of hydrogen-bond donors (Lipinski definition) is 1. The van der Waals surface area contributed by atoms with Gasteiger partial charge in [-0.15, -0.1) is 0 Å². The zero-order valence-electron chi connectivity index (χ0n) is 16.8. The van der Waals surface area contributed by atoms with Crippen molar-refractivity contribution >= 4 is 29.2 Å². The van der Waals surface area contributed by atoms with Crippen molar-refractivity contribution < 1.29 is 14.1 Å². The van der Waals surface area contributed by atoms with Crippen LogP contribution in [0.4, 0.5) is 5.82 Å². The van der Waals surface area contributed by atoms with Crippen molar-refractivity contribution in [2.24, 2.45) is 5.92 Å². The maximum Gasteiger partial charge on any atom is 0.228 e. The van der Waals surface area contributed by atoms with Gasteiger partial charge in [0, 0.05) is 48.6 Å². The number of aromatic nitrogens is 3. The van der Waals surface area contributed by atoms with Crippen LogP contribution >= 0.6 is 11.6 Å². The highest BCUT2D eigenvalue weighted by Gasteiger charge is 2.27. The van der Waals surface area contributed by atoms with E-state index >= 15 is 0 Å². The Morgan fingerprint density at radius 2 is 1.90 bits per heavy atom. The summed E-state index contributed by atoms with van der Waals surface area (Å²) in [5.74, 6) is 1.29. The number of aryl methyl sites for hydroxylation is 1. The lowest BCUT2D eigenvalue weighted by atomic mass is 9.95. The number of nitrogens with zero attached hydrogens (tertiary/aromatic N) is 4. The fourth-order valence-electron chi connectivity index (χ4n) is 3.50. The van der Waals surface area contributed by atoms with Crippen molar-refractivity contribution in [3.8, 4) is 11.4 Å². The van der Waals surface area contributed by atoms with Gasteiger partial charge < -0.3 is 14.7 Å². The van der Waals surface area contributed by atoms with Gasteiger partial charge in [0.2, 0.25) is 23.5 Å². The van der Waals surface area contributed by atoms with Crippen LogP contribution in [-0.4, -0.2) is 44.9 Å². The molecule has 31 heavy (non-hydrogen) atoms. The van der Waals surface area contributed by atoms with E-state index in [0.717, 1.165) is 5.56 Å². The van der Waals surface area contributed by atoms with E-state index in [2.05, 4.69) is 20.4 Å². The summed E-state index contributed by atoms with van der Waals surface area (Å²) in [6.45, 7) is 1.11. The van der Waals surface area contributed by atoms with E-state index in [1.54, 1.807) is 35.4 Å². The van der Waals surface area contributed by atoms with Gasteiger partial charge in [-0.2, -0.15) is 4.98 Å². The molecule has 3 aromatic rings. The molecular formula is C22H22ClN5O3. The molecule has 0 aliphatic carbocycles. The number of benzene rings is 1. The minimum atomic E-state index is -0.121. The summed E-state index contributed by atoms with van der Waals surface area (Å²) in [4.78, 5) is 35.2. The molecule has 1 fully saturated rings. The van der Waals surface area contributed by atoms with Gasteiger partial charge in [0.25, 0.3) is 0 Å². The molecule has 1 N–H and O–H groups in total. The van der Waals surface area contributed by atoms with Crippen molar-refractivity contribution in [1.82, 2.24) is 20.0 Å². The number of amides is 2. The smallest absolute Gasteiger partial charge is 0.228 e. The standard InChI is InChI=1S/C22H22ClN5O3/c23-17-6-4-15(5-7-17)21-26-19(31-27-21)8-9-20(29)28-13-10-16(11-14-28)22(30)25-18-3-1-2-12-24-18/h1-7,12,16H,8-11,13-14H2,(H,24,25,30). The molecule has 2 amide bonds. The first kappa shape index (κ1) is 21.0. The molecule has 1 aromatic carbocycles. The molecule has 0 spiro atoms. The number of hydrogen-bond acceptors (Lipinski definition) is 6. The molecule has 9 heteroatoms. The number of nitrogens with one attached hydrogen (secondary N) is 1. The summed E-state index contributed by atoms with van der Waals surface area (Å²) in [6.07, 6.45) is 3.56. The summed E-state index contributed by atoms with van der Waals surface area (Å²) >= 11 is 5.89. The maximum absolute atomic E-state index is 12.6. The third-order valence-electron chi connectivity index (χ3n) is 5.26. The van der Waals surface area contributed by atoms with E-state index in [1.807, 2.05) is 18.2 Å². The van der Waals surface area contributed by atoms with E-state index in [0.29, 0.717) is 54.9 Å². The minimum absolute atomic E-state index is 0.0230. The molecule has 3 heterocycles. The third kappa shape index (κ3) is 5.46. The second-order valence-electron chi connectivity index (χ2n) is 7.38. The average molecular weight is 440 g/mol. The lowest BCUT2D eigenvalue weighted by Gasteiger charge is -2.31. The Hall–Kier alpha value is -3.26. The molecule has 160 valence electrons. The second-order valence-corrected chi connectivity index (χ2v) is 7.81. The van der Waals surface area contributed by atoms with Gasteiger partial charge in [-0.25, -0.2) is 4.98 Å². The molecule has 0 bridgehead atoms. The first-order valence-electron chi connectivity index (χ1n) is 10.2. The highest BCUT2D eigenvalue weighted by atomic mass is 35.5. The predicted octanol–water partition coefficient (Wildman–Crippen LogP) is 3.59. The predicted molar refractivity (Wildman–Crippen MR) is 115 cm³/mol. The first-order valence-corrected chi connectivity index (χ1v) is 10.5. The molecule has 1 saturated heterocycles. The summed E-state index contributed by atoms with van der Waals surface area (Å²) in [7, 11) is 0. The van der Waals surface area contributed by atoms with Gasteiger partial charge in [0.15, 0.2) is 0 Å². The number of carbonyl (C=O) groups excluding carboxylic acids is 2. The Balaban J connectivity index is 1.23. The second kappa shape index (κ2) is 9.70. The zero-order chi connectivity index (χ0) is 21.6. The van der Waals surface area contributed by atoms with Crippen molar-refractivity contribution in [3.63, 3.8) is 0 Å². The zero-order valence-corrected chi connectivity index (χ0v) is 17.6. The summed E-state index contributed by atoms with van der Waals surface area (Å²) < 4.78 is 5.27. The molecule has 1 aliphatic rings. The van der Waals surface area contributed by atoms with Crippen LogP contribution in [0, 0.1) is 5.92 Å². The van der Waals surface area contributed by atoms with Crippen LogP contribution in [0.2, 0.25) is 5.02 Å². The van der Waals surface area contributed by atoms with Gasteiger partial charge >= 0.3 is 0 Å². The summed E-state index contributed by atoms with van der Waals surface area (Å²) in [5, 5.41) is 7.43. The number of carbonyl (C=O) groups is 2. The largest absolute Gasteiger partial charge is 0.343 e. The topological polar surface area (TPSA) is 101 Å². The van der Waals surface area contributed by atoms with E-state index in [-0.39, 0.29) is 24.2 Å². The average Bonchev–Trinajstić information content (AvgIpc) is 3.28. The first-order chi connectivity index (χ1) is 15.1. The molecule has 8 nitrogen and oxygen atoms in total. The van der Waals surface area contributed by atoms with Crippen molar-refractivity contribution in [1.29, 1.82) is 0 Å². The van der Waals surface area contributed by atoms with Gasteiger partial charge in [-0.1, -0.05) is 22.8 Å². The Kier molecular flexibility index (Phi) is 6.57. The molecule has 0 unspecified atom stereocenters. The number of rotatable bonds is 6. The lowest BCUT2D eigenvalue weighted by molar-refractivity contribution is -0.134. The Bertz CT molecular complexity index is 1030. The number of anilines is 1. The molecule has 2 aromatic heterocycles. The summed E-state index contributed by atoms with van der Waals surface area (Å²) in [6, 6.07) is 12.5. The van der Waals surface area contributed by atoms with Gasteiger partial charge in [-0.3, -0.25) is 9.59 Å². The molecule has 1 aliphatic heterocycles. The monoisotopic (exact) mass is 439 g/mol. The van der Waals surface area contributed by atoms with Crippen molar-refractivity contribution in [2.75, 3.05) is 18.4 Å². The van der Waals surface area contributed by atoms with Crippen molar-refractivity contribution in [3.05, 3.63) is 59.6 Å². The fraction of sp³-hybridized carbons (Fsp3) is 0.318. The normalized spacial score (nSPS) is 14.4. The highest BCUT2D eigenvalue weighted by Crippen LogP contribution is 2.21. The molecular weight excluding hydrogens is 418 g/mol. The summed E-state index contributed by atoms with van der Waals surface area (Å²) in [5.41, 5.74) is 0.803. The van der Waals surface area contributed by atoms with E-state index in [9.17, 15) is 9.59 Å². The molecule has 0 atom stereocenters. The van der Waals surface area contributed by atoms with E-state index < -0.39 is 0 Å². The fourth-order valence-corrected chi connectivity index (χ4v) is 3.63. The van der Waals surface area contributed by atoms with Crippen molar-refractivity contribution in [2.45, 2.75) is 25.7 Å². The van der Waals surface area contributed by atoms with Crippen LogP contribution in [-0.2, 0) is 16.0 Å². The minimum Gasteiger partial charge on any atom is -0.343 e. The molecule has 0 saturated carbocycles. The van der Waals surface area contributed by atoms with Crippen LogP contribution in [0.1, 0.15) is 25.2 Å². The highest BCUT2D eigenvalue weighted by molar-refractivity contribution is 6.30. The number of piperidine rings is 1. The van der Waals surface area contributed by atoms with Gasteiger partial charge in [0.05, 0.1) is 0 Å². The van der Waals surface area contributed by atoms with Gasteiger partial charge in [-0.05, 0) is 49.2 Å². The van der Waals surface area contributed by atoms with Gasteiger partial charge in [0.1, 0.15) is 5.82 Å². The van der Waals surface area contributed by atoms with Crippen LogP contribution in [0.5, 0.6) is 0 Å².